The Bertz CT molecular complexity index is 938. The number of piperidine rings is 1. The Morgan fingerprint density at radius 3 is 2.48 bits per heavy atom. The third-order valence-corrected chi connectivity index (χ3v) is 6.04. The lowest BCUT2D eigenvalue weighted by atomic mass is 9.96. The van der Waals surface area contributed by atoms with E-state index in [4.69, 9.17) is 4.74 Å². The van der Waals surface area contributed by atoms with Crippen molar-refractivity contribution in [1.29, 1.82) is 0 Å². The first-order valence-electron chi connectivity index (χ1n) is 11.0. The number of hydrogen-bond acceptors (Lipinski definition) is 5. The molecule has 7 nitrogen and oxygen atoms in total. The number of aryl methyl sites for hydroxylation is 2. The number of benzene rings is 1. The number of nitrogens with zero attached hydrogens (tertiary/aromatic N) is 3. The van der Waals surface area contributed by atoms with E-state index >= 15 is 0 Å². The van der Waals surface area contributed by atoms with Gasteiger partial charge < -0.3 is 19.9 Å². The standard InChI is InChI=1S/C24H30N4O3/c1-17-5-7-19(8-6-17)24(30)28-11-3-4-20(16-28)23(29)26-21-9-10-22(25-18(21)2)27-12-14-31-15-13-27/h5-10,20H,3-4,11-16H2,1-2H3,(H,26,29). The minimum atomic E-state index is -0.221. The number of anilines is 2. The summed E-state index contributed by atoms with van der Waals surface area (Å²) in [6.07, 6.45) is 1.60. The highest BCUT2D eigenvalue weighted by molar-refractivity contribution is 5.96. The van der Waals surface area contributed by atoms with Crippen molar-refractivity contribution in [1.82, 2.24) is 9.88 Å². The molecule has 1 unspecified atom stereocenters. The monoisotopic (exact) mass is 422 g/mol. The third kappa shape index (κ3) is 5.05. The highest BCUT2D eigenvalue weighted by atomic mass is 16.5. The van der Waals surface area contributed by atoms with E-state index in [1.807, 2.05) is 50.2 Å². The van der Waals surface area contributed by atoms with E-state index in [1.54, 1.807) is 4.90 Å². The van der Waals surface area contributed by atoms with Gasteiger partial charge in [0.15, 0.2) is 0 Å². The highest BCUT2D eigenvalue weighted by Gasteiger charge is 2.29. The quantitative estimate of drug-likeness (QED) is 0.820. The van der Waals surface area contributed by atoms with Crippen LogP contribution in [0.5, 0.6) is 0 Å². The van der Waals surface area contributed by atoms with Gasteiger partial charge in [0, 0.05) is 31.7 Å². The van der Waals surface area contributed by atoms with Crippen LogP contribution in [0.3, 0.4) is 0 Å². The maximum Gasteiger partial charge on any atom is 0.253 e. The summed E-state index contributed by atoms with van der Waals surface area (Å²) in [5.41, 5.74) is 3.31. The molecule has 0 spiro atoms. The van der Waals surface area contributed by atoms with Crippen LogP contribution in [0.1, 0.15) is 34.5 Å². The van der Waals surface area contributed by atoms with Gasteiger partial charge in [-0.15, -0.1) is 0 Å². The SMILES string of the molecule is Cc1ccc(C(=O)N2CCCC(C(=O)Nc3ccc(N4CCOCC4)nc3C)C2)cc1. The van der Waals surface area contributed by atoms with Gasteiger partial charge in [0.1, 0.15) is 5.82 Å². The predicted molar refractivity (Wildman–Crippen MR) is 120 cm³/mol. The van der Waals surface area contributed by atoms with Crippen molar-refractivity contribution in [2.45, 2.75) is 26.7 Å². The lowest BCUT2D eigenvalue weighted by Gasteiger charge is -2.32. The van der Waals surface area contributed by atoms with E-state index in [1.165, 1.54) is 0 Å². The van der Waals surface area contributed by atoms with Crippen LogP contribution in [0.15, 0.2) is 36.4 Å². The number of likely N-dealkylation sites (tertiary alicyclic amines) is 1. The van der Waals surface area contributed by atoms with Gasteiger partial charge in [0.05, 0.1) is 30.5 Å². The number of pyridine rings is 1. The molecule has 31 heavy (non-hydrogen) atoms. The Hall–Kier alpha value is -2.93. The number of carbonyl (C=O) groups excluding carboxylic acids is 2. The zero-order chi connectivity index (χ0) is 21.8. The molecular formula is C24H30N4O3. The zero-order valence-electron chi connectivity index (χ0n) is 18.3. The third-order valence-electron chi connectivity index (χ3n) is 6.04. The molecule has 2 aromatic rings. The van der Waals surface area contributed by atoms with Gasteiger partial charge in [-0.1, -0.05) is 17.7 Å². The Kier molecular flexibility index (Phi) is 6.51. The van der Waals surface area contributed by atoms with Gasteiger partial charge in [-0.05, 0) is 51.0 Å². The number of hydrogen-bond donors (Lipinski definition) is 1. The summed E-state index contributed by atoms with van der Waals surface area (Å²) in [6, 6.07) is 11.5. The van der Waals surface area contributed by atoms with E-state index in [9.17, 15) is 9.59 Å². The normalized spacial score (nSPS) is 19.2. The average molecular weight is 423 g/mol. The van der Waals surface area contributed by atoms with Gasteiger partial charge in [-0.3, -0.25) is 9.59 Å². The number of carbonyl (C=O) groups is 2. The lowest BCUT2D eigenvalue weighted by Crippen LogP contribution is -2.43. The Balaban J connectivity index is 1.38. The Morgan fingerprint density at radius 1 is 1.03 bits per heavy atom. The molecule has 2 amide bonds. The lowest BCUT2D eigenvalue weighted by molar-refractivity contribution is -0.121. The molecule has 2 saturated heterocycles. The van der Waals surface area contributed by atoms with Crippen molar-refractivity contribution in [3.8, 4) is 0 Å². The molecule has 1 aromatic carbocycles. The molecule has 1 N–H and O–H groups in total. The van der Waals surface area contributed by atoms with Crippen LogP contribution >= 0.6 is 0 Å². The molecule has 2 aliphatic heterocycles. The molecular weight excluding hydrogens is 392 g/mol. The summed E-state index contributed by atoms with van der Waals surface area (Å²) in [6.45, 7) is 8.10. The zero-order valence-corrected chi connectivity index (χ0v) is 18.3. The van der Waals surface area contributed by atoms with Crippen molar-refractivity contribution in [3.05, 3.63) is 53.2 Å². The molecule has 164 valence electrons. The van der Waals surface area contributed by atoms with Gasteiger partial charge in [0.2, 0.25) is 5.91 Å². The fourth-order valence-electron chi connectivity index (χ4n) is 4.14. The topological polar surface area (TPSA) is 74.8 Å². The molecule has 7 heteroatoms. The summed E-state index contributed by atoms with van der Waals surface area (Å²) >= 11 is 0. The summed E-state index contributed by atoms with van der Waals surface area (Å²) in [4.78, 5) is 34.5. The maximum atomic E-state index is 13.0. The molecule has 1 aromatic heterocycles. The number of morpholine rings is 1. The fourth-order valence-corrected chi connectivity index (χ4v) is 4.14. The Labute approximate surface area is 183 Å². The van der Waals surface area contributed by atoms with E-state index in [-0.39, 0.29) is 17.7 Å². The van der Waals surface area contributed by atoms with Crippen molar-refractivity contribution >= 4 is 23.3 Å². The van der Waals surface area contributed by atoms with Crippen molar-refractivity contribution in [2.75, 3.05) is 49.6 Å². The molecule has 0 radical (unpaired) electrons. The molecule has 0 aliphatic carbocycles. The van der Waals surface area contributed by atoms with Crippen LogP contribution in [0.2, 0.25) is 0 Å². The molecule has 2 aliphatic rings. The highest BCUT2D eigenvalue weighted by Crippen LogP contribution is 2.23. The maximum absolute atomic E-state index is 13.0. The second kappa shape index (κ2) is 9.47. The van der Waals surface area contributed by atoms with Gasteiger partial charge in [-0.2, -0.15) is 0 Å². The smallest absolute Gasteiger partial charge is 0.253 e. The number of aromatic nitrogens is 1. The van der Waals surface area contributed by atoms with Crippen LogP contribution in [0, 0.1) is 19.8 Å². The second-order valence-electron chi connectivity index (χ2n) is 8.35. The molecule has 3 heterocycles. The molecule has 4 rings (SSSR count). The minimum Gasteiger partial charge on any atom is -0.378 e. The first-order valence-corrected chi connectivity index (χ1v) is 11.0. The average Bonchev–Trinajstić information content (AvgIpc) is 2.81. The van der Waals surface area contributed by atoms with Gasteiger partial charge >= 0.3 is 0 Å². The van der Waals surface area contributed by atoms with Gasteiger partial charge in [0.25, 0.3) is 5.91 Å². The molecule has 2 fully saturated rings. The van der Waals surface area contributed by atoms with E-state index in [2.05, 4.69) is 15.2 Å². The minimum absolute atomic E-state index is 0.00906. The predicted octanol–water partition coefficient (Wildman–Crippen LogP) is 3.03. The van der Waals surface area contributed by atoms with Crippen molar-refractivity contribution in [3.63, 3.8) is 0 Å². The van der Waals surface area contributed by atoms with E-state index < -0.39 is 0 Å². The number of rotatable bonds is 4. The second-order valence-corrected chi connectivity index (χ2v) is 8.35. The van der Waals surface area contributed by atoms with E-state index in [0.29, 0.717) is 31.9 Å². The first-order chi connectivity index (χ1) is 15.0. The summed E-state index contributed by atoms with van der Waals surface area (Å²) in [5.74, 6) is 0.628. The summed E-state index contributed by atoms with van der Waals surface area (Å²) in [7, 11) is 0. The van der Waals surface area contributed by atoms with E-state index in [0.717, 1.165) is 48.7 Å². The molecule has 1 atom stereocenters. The largest absolute Gasteiger partial charge is 0.378 e. The summed E-state index contributed by atoms with van der Waals surface area (Å²) in [5, 5.41) is 3.03. The van der Waals surface area contributed by atoms with Crippen LogP contribution < -0.4 is 10.2 Å². The first kappa shape index (κ1) is 21.3. The van der Waals surface area contributed by atoms with Crippen LogP contribution in [-0.4, -0.2) is 61.1 Å². The van der Waals surface area contributed by atoms with Crippen molar-refractivity contribution < 1.29 is 14.3 Å². The number of nitrogens with one attached hydrogen (secondary N) is 1. The fraction of sp³-hybridized carbons (Fsp3) is 0.458. The number of amides is 2. The number of ether oxygens (including phenoxy) is 1. The Morgan fingerprint density at radius 2 is 1.77 bits per heavy atom. The van der Waals surface area contributed by atoms with Crippen molar-refractivity contribution in [2.24, 2.45) is 5.92 Å². The molecule has 0 bridgehead atoms. The van der Waals surface area contributed by atoms with Crippen LogP contribution in [-0.2, 0) is 9.53 Å². The summed E-state index contributed by atoms with van der Waals surface area (Å²) < 4.78 is 5.40. The van der Waals surface area contributed by atoms with Gasteiger partial charge in [-0.25, -0.2) is 4.98 Å². The van der Waals surface area contributed by atoms with Crippen LogP contribution in [0.4, 0.5) is 11.5 Å². The van der Waals surface area contributed by atoms with Crippen LogP contribution in [0.25, 0.3) is 0 Å². The molecule has 0 saturated carbocycles.